The number of carbonyl (C=O) groups excluding carboxylic acids is 2. The summed E-state index contributed by atoms with van der Waals surface area (Å²) < 4.78 is 0. The minimum Gasteiger partial charge on any atom is -0.480 e. The van der Waals surface area contributed by atoms with Crippen LogP contribution in [0.4, 0.5) is 5.13 Å². The average molecular weight is 444 g/mol. The van der Waals surface area contributed by atoms with Gasteiger partial charge in [-0.15, -0.1) is 11.3 Å². The lowest BCUT2D eigenvalue weighted by molar-refractivity contribution is -0.142. The van der Waals surface area contributed by atoms with Crippen LogP contribution in [0.3, 0.4) is 0 Å². The highest BCUT2D eigenvalue weighted by atomic mass is 35.5. The average Bonchev–Trinajstić information content (AvgIpc) is 3.00. The standard InChI is InChI=1S/C18H19Cl2N3O4S/c1-9(2)5-14(17(26)27)22-15(24)7-11-8-28-18(21-11)23-16(25)12-4-3-10(19)6-13(12)20/h3-4,6,8-9,14H,5,7H2,1-2H3,(H,22,24)(H,26,27)(H,21,23,25). The summed E-state index contributed by atoms with van der Waals surface area (Å²) in [6.07, 6.45) is 0.247. The van der Waals surface area contributed by atoms with Crippen LogP contribution >= 0.6 is 34.5 Å². The minimum atomic E-state index is -1.08. The van der Waals surface area contributed by atoms with E-state index in [-0.39, 0.29) is 22.9 Å². The molecular formula is C18H19Cl2N3O4S. The van der Waals surface area contributed by atoms with Gasteiger partial charge in [-0.3, -0.25) is 14.9 Å². The minimum absolute atomic E-state index is 0.0874. The van der Waals surface area contributed by atoms with Gasteiger partial charge in [0.1, 0.15) is 6.04 Å². The second-order valence-corrected chi connectivity index (χ2v) is 8.19. The molecule has 3 N–H and O–H groups in total. The Kier molecular flexibility index (Phi) is 7.79. The van der Waals surface area contributed by atoms with Gasteiger partial charge in [0.25, 0.3) is 5.91 Å². The molecule has 1 aromatic heterocycles. The number of nitrogens with one attached hydrogen (secondary N) is 2. The lowest BCUT2D eigenvalue weighted by atomic mass is 10.0. The molecule has 1 atom stereocenters. The van der Waals surface area contributed by atoms with Crippen molar-refractivity contribution in [3.63, 3.8) is 0 Å². The fraction of sp³-hybridized carbons (Fsp3) is 0.333. The largest absolute Gasteiger partial charge is 0.480 e. The van der Waals surface area contributed by atoms with Crippen LogP contribution in [0.2, 0.25) is 10.0 Å². The first-order valence-corrected chi connectivity index (χ1v) is 10.0. The molecule has 0 saturated carbocycles. The van der Waals surface area contributed by atoms with E-state index >= 15 is 0 Å². The number of rotatable bonds is 8. The number of nitrogens with zero attached hydrogens (tertiary/aromatic N) is 1. The number of carbonyl (C=O) groups is 3. The fourth-order valence-electron chi connectivity index (χ4n) is 2.39. The van der Waals surface area contributed by atoms with Crippen molar-refractivity contribution in [3.8, 4) is 0 Å². The van der Waals surface area contributed by atoms with Crippen molar-refractivity contribution in [1.29, 1.82) is 0 Å². The summed E-state index contributed by atoms with van der Waals surface area (Å²) in [5, 5.41) is 16.9. The van der Waals surface area contributed by atoms with Gasteiger partial charge in [0.2, 0.25) is 5.91 Å². The summed E-state index contributed by atoms with van der Waals surface area (Å²) in [4.78, 5) is 39.8. The van der Waals surface area contributed by atoms with E-state index in [1.807, 2.05) is 13.8 Å². The van der Waals surface area contributed by atoms with E-state index in [1.165, 1.54) is 12.1 Å². The Hall–Kier alpha value is -2.16. The highest BCUT2D eigenvalue weighted by molar-refractivity contribution is 7.14. The molecule has 1 heterocycles. The normalized spacial score (nSPS) is 11.9. The maximum atomic E-state index is 12.3. The Morgan fingerprint density at radius 1 is 1.25 bits per heavy atom. The summed E-state index contributed by atoms with van der Waals surface area (Å²) in [5.41, 5.74) is 0.673. The van der Waals surface area contributed by atoms with Crippen LogP contribution < -0.4 is 10.6 Å². The topological polar surface area (TPSA) is 108 Å². The SMILES string of the molecule is CC(C)CC(NC(=O)Cc1csc(NC(=O)c2ccc(Cl)cc2Cl)n1)C(=O)O. The third-order valence-electron chi connectivity index (χ3n) is 3.63. The van der Waals surface area contributed by atoms with Crippen LogP contribution in [0.25, 0.3) is 0 Å². The Balaban J connectivity index is 1.97. The number of hydrogen-bond donors (Lipinski definition) is 3. The summed E-state index contributed by atoms with van der Waals surface area (Å²) in [5.74, 6) is -1.85. The predicted molar refractivity (Wildman–Crippen MR) is 109 cm³/mol. The van der Waals surface area contributed by atoms with Crippen molar-refractivity contribution >= 4 is 57.5 Å². The van der Waals surface area contributed by atoms with Crippen LogP contribution in [0, 0.1) is 5.92 Å². The van der Waals surface area contributed by atoms with E-state index in [2.05, 4.69) is 15.6 Å². The molecular weight excluding hydrogens is 425 g/mol. The van der Waals surface area contributed by atoms with Gasteiger partial charge in [0, 0.05) is 10.4 Å². The number of carboxylic acids is 1. The number of amides is 2. The van der Waals surface area contributed by atoms with Crippen molar-refractivity contribution < 1.29 is 19.5 Å². The number of thiazole rings is 1. The first kappa shape index (κ1) is 22.1. The molecule has 0 aliphatic heterocycles. The molecule has 0 bridgehead atoms. The Labute approximate surface area is 176 Å². The van der Waals surface area contributed by atoms with Gasteiger partial charge in [-0.25, -0.2) is 9.78 Å². The Bertz CT molecular complexity index is 885. The molecule has 150 valence electrons. The number of hydrogen-bond acceptors (Lipinski definition) is 5. The number of halogens is 2. The van der Waals surface area contributed by atoms with E-state index in [1.54, 1.807) is 11.4 Å². The van der Waals surface area contributed by atoms with Gasteiger partial charge in [-0.2, -0.15) is 0 Å². The Morgan fingerprint density at radius 2 is 1.96 bits per heavy atom. The lowest BCUT2D eigenvalue weighted by Gasteiger charge is -2.16. The van der Waals surface area contributed by atoms with Gasteiger partial charge in [0.15, 0.2) is 5.13 Å². The zero-order chi connectivity index (χ0) is 20.8. The van der Waals surface area contributed by atoms with Crippen LogP contribution in [0.5, 0.6) is 0 Å². The molecule has 0 aliphatic rings. The van der Waals surface area contributed by atoms with Gasteiger partial charge < -0.3 is 10.4 Å². The lowest BCUT2D eigenvalue weighted by Crippen LogP contribution is -2.42. The van der Waals surface area contributed by atoms with E-state index in [0.29, 0.717) is 22.3 Å². The highest BCUT2D eigenvalue weighted by Gasteiger charge is 2.21. The quantitative estimate of drug-likeness (QED) is 0.573. The van der Waals surface area contributed by atoms with Crippen LogP contribution in [0.1, 0.15) is 36.3 Å². The van der Waals surface area contributed by atoms with E-state index in [4.69, 9.17) is 23.2 Å². The second kappa shape index (κ2) is 9.86. The summed E-state index contributed by atoms with van der Waals surface area (Å²) in [6.45, 7) is 3.76. The van der Waals surface area contributed by atoms with Gasteiger partial charge in [-0.05, 0) is 30.5 Å². The third-order valence-corrected chi connectivity index (χ3v) is 4.98. The Morgan fingerprint density at radius 3 is 2.57 bits per heavy atom. The van der Waals surface area contributed by atoms with Crippen molar-refractivity contribution in [2.45, 2.75) is 32.7 Å². The van der Waals surface area contributed by atoms with Gasteiger partial charge in [0.05, 0.1) is 22.7 Å². The molecule has 10 heteroatoms. The van der Waals surface area contributed by atoms with Gasteiger partial charge in [-0.1, -0.05) is 37.0 Å². The first-order valence-electron chi connectivity index (χ1n) is 8.38. The molecule has 0 aliphatic carbocycles. The fourth-order valence-corrected chi connectivity index (χ4v) is 3.59. The molecule has 2 rings (SSSR count). The molecule has 28 heavy (non-hydrogen) atoms. The van der Waals surface area contributed by atoms with E-state index in [9.17, 15) is 19.5 Å². The molecule has 7 nitrogen and oxygen atoms in total. The number of benzene rings is 1. The van der Waals surface area contributed by atoms with E-state index < -0.39 is 23.8 Å². The summed E-state index contributed by atoms with van der Waals surface area (Å²) in [7, 11) is 0. The molecule has 0 radical (unpaired) electrons. The molecule has 0 fully saturated rings. The first-order chi connectivity index (χ1) is 13.2. The third kappa shape index (κ3) is 6.47. The molecule has 1 aromatic carbocycles. The predicted octanol–water partition coefficient (Wildman–Crippen LogP) is 3.86. The van der Waals surface area contributed by atoms with Gasteiger partial charge >= 0.3 is 5.97 Å². The van der Waals surface area contributed by atoms with Crippen LogP contribution in [-0.2, 0) is 16.0 Å². The molecule has 2 aromatic rings. The van der Waals surface area contributed by atoms with Crippen molar-refractivity contribution in [3.05, 3.63) is 44.9 Å². The molecule has 2 amide bonds. The molecule has 0 saturated heterocycles. The second-order valence-electron chi connectivity index (χ2n) is 6.49. The summed E-state index contributed by atoms with van der Waals surface area (Å²) in [6, 6.07) is 3.57. The highest BCUT2D eigenvalue weighted by Crippen LogP contribution is 2.23. The smallest absolute Gasteiger partial charge is 0.326 e. The maximum absolute atomic E-state index is 12.3. The van der Waals surface area contributed by atoms with Crippen molar-refractivity contribution in [1.82, 2.24) is 10.3 Å². The monoisotopic (exact) mass is 443 g/mol. The maximum Gasteiger partial charge on any atom is 0.326 e. The zero-order valence-corrected chi connectivity index (χ0v) is 17.5. The number of aromatic nitrogens is 1. The number of carboxylic acid groups (broad SMARTS) is 1. The number of aliphatic carboxylic acids is 1. The molecule has 0 spiro atoms. The number of anilines is 1. The molecule has 1 unspecified atom stereocenters. The van der Waals surface area contributed by atoms with Crippen molar-refractivity contribution in [2.75, 3.05) is 5.32 Å². The zero-order valence-electron chi connectivity index (χ0n) is 15.2. The van der Waals surface area contributed by atoms with Crippen LogP contribution in [-0.4, -0.2) is 33.9 Å². The van der Waals surface area contributed by atoms with Crippen molar-refractivity contribution in [2.24, 2.45) is 5.92 Å². The van der Waals surface area contributed by atoms with Crippen LogP contribution in [0.15, 0.2) is 23.6 Å². The summed E-state index contributed by atoms with van der Waals surface area (Å²) >= 11 is 13.0. The van der Waals surface area contributed by atoms with E-state index in [0.717, 1.165) is 11.3 Å².